The van der Waals surface area contributed by atoms with Gasteiger partial charge in [0, 0.05) is 35.1 Å². The van der Waals surface area contributed by atoms with Gasteiger partial charge >= 0.3 is 0 Å². The van der Waals surface area contributed by atoms with Crippen LogP contribution in [0.3, 0.4) is 0 Å². The largest absolute Gasteiger partial charge is 0.294 e. The minimum Gasteiger partial charge on any atom is -0.294 e. The van der Waals surface area contributed by atoms with E-state index in [-0.39, 0.29) is 41.3 Å². The van der Waals surface area contributed by atoms with Crippen LogP contribution in [0.25, 0.3) is 6.08 Å². The smallest absolute Gasteiger partial charge is 0.265 e. The van der Waals surface area contributed by atoms with E-state index in [1.165, 1.54) is 0 Å². The van der Waals surface area contributed by atoms with Gasteiger partial charge in [0.25, 0.3) is 10.1 Å². The second kappa shape index (κ2) is 6.12. The zero-order chi connectivity index (χ0) is 16.2. The van der Waals surface area contributed by atoms with Gasteiger partial charge in [-0.25, -0.2) is 0 Å². The molecule has 1 radical (unpaired) electrons. The molecule has 2 atom stereocenters. The predicted molar refractivity (Wildman–Crippen MR) is 90.5 cm³/mol. The van der Waals surface area contributed by atoms with Gasteiger partial charge in [0.2, 0.25) is 0 Å². The zero-order valence-electron chi connectivity index (χ0n) is 13.7. The summed E-state index contributed by atoms with van der Waals surface area (Å²) in [6.45, 7) is 3.89. The number of Topliss-reactive ketones (excluding diaryl/α,β-unsaturated/α-hetero) is 1. The second-order valence-electron chi connectivity index (χ2n) is 6.96. The Hall–Kier alpha value is -0.460. The molecule has 0 aromatic heterocycles. The number of fused-ring (bicyclic) bond motifs is 2. The summed E-state index contributed by atoms with van der Waals surface area (Å²) in [7, 11) is -4.20. The Morgan fingerprint density at radius 2 is 1.87 bits per heavy atom. The van der Waals surface area contributed by atoms with Crippen molar-refractivity contribution in [2.75, 3.05) is 5.75 Å². The van der Waals surface area contributed by atoms with Crippen molar-refractivity contribution in [1.82, 2.24) is 0 Å². The third kappa shape index (κ3) is 2.98. The Morgan fingerprint density at radius 1 is 1.26 bits per heavy atom. The maximum absolute atomic E-state index is 12.9. The predicted octanol–water partition coefficient (Wildman–Crippen LogP) is 2.58. The molecular formula is C17H20NaO4S. The van der Waals surface area contributed by atoms with E-state index in [0.717, 1.165) is 12.0 Å². The van der Waals surface area contributed by atoms with Crippen LogP contribution in [0.15, 0.2) is 35.9 Å². The van der Waals surface area contributed by atoms with E-state index in [4.69, 9.17) is 0 Å². The molecule has 2 aliphatic rings. The number of carbonyl (C=O) groups excluding carboxylic acids is 1. The fourth-order valence-electron chi connectivity index (χ4n) is 4.32. The van der Waals surface area contributed by atoms with Gasteiger partial charge in [0.05, 0.1) is 11.2 Å². The molecule has 0 heterocycles. The molecule has 1 N–H and O–H groups in total. The fraction of sp³-hybridized carbons (Fsp3) is 0.471. The molecule has 4 nitrogen and oxygen atoms in total. The maximum atomic E-state index is 12.9. The topological polar surface area (TPSA) is 71.4 Å². The van der Waals surface area contributed by atoms with Crippen LogP contribution in [0.5, 0.6) is 0 Å². The minimum atomic E-state index is -4.20. The zero-order valence-corrected chi connectivity index (χ0v) is 16.6. The molecule has 2 aliphatic carbocycles. The Balaban J connectivity index is 0.00000192. The summed E-state index contributed by atoms with van der Waals surface area (Å²) in [5.41, 5.74) is 0.189. The average molecular weight is 343 g/mol. The molecule has 2 unspecified atom stereocenters. The third-order valence-corrected chi connectivity index (χ3v) is 6.44. The molecule has 119 valence electrons. The van der Waals surface area contributed by atoms with Crippen molar-refractivity contribution in [2.45, 2.75) is 26.7 Å². The van der Waals surface area contributed by atoms with Crippen LogP contribution < -0.4 is 0 Å². The van der Waals surface area contributed by atoms with E-state index in [9.17, 15) is 17.8 Å². The van der Waals surface area contributed by atoms with Gasteiger partial charge < -0.3 is 0 Å². The van der Waals surface area contributed by atoms with Crippen LogP contribution in [0.4, 0.5) is 0 Å². The second-order valence-corrected chi connectivity index (χ2v) is 8.41. The molecular weight excluding hydrogens is 323 g/mol. The molecule has 2 bridgehead atoms. The van der Waals surface area contributed by atoms with Gasteiger partial charge in [0.1, 0.15) is 0 Å². The first-order chi connectivity index (χ1) is 10.2. The van der Waals surface area contributed by atoms with Gasteiger partial charge in [-0.15, -0.1) is 0 Å². The van der Waals surface area contributed by atoms with Crippen LogP contribution >= 0.6 is 0 Å². The molecule has 0 saturated heterocycles. The summed E-state index contributed by atoms with van der Waals surface area (Å²) >= 11 is 0. The molecule has 0 aliphatic heterocycles. The van der Waals surface area contributed by atoms with Crippen molar-refractivity contribution in [3.05, 3.63) is 41.5 Å². The summed E-state index contributed by atoms with van der Waals surface area (Å²) < 4.78 is 32.2. The van der Waals surface area contributed by atoms with Gasteiger partial charge in [-0.05, 0) is 35.8 Å². The van der Waals surface area contributed by atoms with Crippen molar-refractivity contribution in [3.8, 4) is 0 Å². The summed E-state index contributed by atoms with van der Waals surface area (Å²) in [6.07, 6.45) is 3.18. The van der Waals surface area contributed by atoms with Crippen molar-refractivity contribution in [1.29, 1.82) is 0 Å². The molecule has 3 rings (SSSR count). The molecule has 1 aromatic rings. The Bertz CT molecular complexity index is 752. The summed E-state index contributed by atoms with van der Waals surface area (Å²) in [4.78, 5) is 12.9. The van der Waals surface area contributed by atoms with E-state index in [1.807, 2.05) is 50.3 Å². The van der Waals surface area contributed by atoms with Crippen LogP contribution in [0.2, 0.25) is 0 Å². The number of ketones is 1. The van der Waals surface area contributed by atoms with E-state index in [2.05, 4.69) is 0 Å². The molecule has 1 aromatic carbocycles. The third-order valence-electron chi connectivity index (χ3n) is 5.59. The van der Waals surface area contributed by atoms with E-state index in [1.54, 1.807) is 0 Å². The first kappa shape index (κ1) is 18.9. The quantitative estimate of drug-likeness (QED) is 0.520. The molecule has 0 amide bonds. The van der Waals surface area contributed by atoms with E-state index >= 15 is 0 Å². The standard InChI is InChI=1S/C17H20O4S.Na/c1-16(2)14-8-9-17(16,11-22(19,20)21)15(18)13(14)10-12-6-4-3-5-7-12;/h3-7,10,14H,8-9,11H2,1-2H3,(H,19,20,21);. The molecule has 6 heteroatoms. The van der Waals surface area contributed by atoms with Crippen LogP contribution in [-0.2, 0) is 14.9 Å². The SMILES string of the molecule is CC1(C)C2CCC1(CS(=O)(=O)O)C(=O)C2=Cc1ccccc1.[Na]. The molecule has 2 fully saturated rings. The van der Waals surface area contributed by atoms with Crippen molar-refractivity contribution in [3.63, 3.8) is 0 Å². The van der Waals surface area contributed by atoms with Crippen molar-refractivity contribution < 1.29 is 17.8 Å². The van der Waals surface area contributed by atoms with Gasteiger partial charge in [-0.2, -0.15) is 8.42 Å². The van der Waals surface area contributed by atoms with Crippen LogP contribution in [0, 0.1) is 16.7 Å². The van der Waals surface area contributed by atoms with Gasteiger partial charge in [0.15, 0.2) is 5.78 Å². The summed E-state index contributed by atoms with van der Waals surface area (Å²) in [6, 6.07) is 9.57. The summed E-state index contributed by atoms with van der Waals surface area (Å²) in [5.74, 6) is -0.550. The minimum absolute atomic E-state index is 0. The van der Waals surface area contributed by atoms with Gasteiger partial charge in [-0.3, -0.25) is 9.35 Å². The average Bonchev–Trinajstić information content (AvgIpc) is 2.73. The maximum Gasteiger partial charge on any atom is 0.265 e. The number of carbonyl (C=O) groups is 1. The van der Waals surface area contributed by atoms with E-state index in [0.29, 0.717) is 12.0 Å². The Morgan fingerprint density at radius 3 is 2.43 bits per heavy atom. The van der Waals surface area contributed by atoms with Crippen LogP contribution in [-0.4, -0.2) is 54.1 Å². The monoisotopic (exact) mass is 343 g/mol. The van der Waals surface area contributed by atoms with Crippen LogP contribution in [0.1, 0.15) is 32.3 Å². The van der Waals surface area contributed by atoms with Crippen molar-refractivity contribution in [2.24, 2.45) is 16.7 Å². The Kier molecular flexibility index (Phi) is 5.02. The number of hydrogen-bond donors (Lipinski definition) is 1. The first-order valence-electron chi connectivity index (χ1n) is 7.44. The number of allylic oxidation sites excluding steroid dienone is 1. The molecule has 2 saturated carbocycles. The molecule has 23 heavy (non-hydrogen) atoms. The Labute approximate surface area is 159 Å². The normalized spacial score (nSPS) is 30.5. The molecule has 0 spiro atoms. The first-order valence-corrected chi connectivity index (χ1v) is 9.05. The summed E-state index contributed by atoms with van der Waals surface area (Å²) in [5, 5.41) is 0. The van der Waals surface area contributed by atoms with Crippen molar-refractivity contribution >= 4 is 51.5 Å². The van der Waals surface area contributed by atoms with Gasteiger partial charge in [-0.1, -0.05) is 44.2 Å². The number of benzene rings is 1. The number of rotatable bonds is 3. The fourth-order valence-corrected chi connectivity index (χ4v) is 5.59. The number of hydrogen-bond acceptors (Lipinski definition) is 3. The van der Waals surface area contributed by atoms with E-state index < -0.39 is 26.7 Å².